The Kier molecular flexibility index (Phi) is 7.06. The van der Waals surface area contributed by atoms with Gasteiger partial charge in [0.2, 0.25) is 0 Å². The molecule has 0 fully saturated rings. The van der Waals surface area contributed by atoms with E-state index in [-0.39, 0.29) is 15.7 Å². The topological polar surface area (TPSA) is 54.4 Å². The van der Waals surface area contributed by atoms with Gasteiger partial charge in [-0.15, -0.1) is 0 Å². The fourth-order valence-electron chi connectivity index (χ4n) is 3.41. The van der Waals surface area contributed by atoms with E-state index in [2.05, 4.69) is 41.5 Å². The lowest BCUT2D eigenvalue weighted by molar-refractivity contribution is 0.150. The maximum absolute atomic E-state index is 11.3. The van der Waals surface area contributed by atoms with E-state index in [1.807, 2.05) is 12.1 Å². The quantitative estimate of drug-likeness (QED) is 0.548. The van der Waals surface area contributed by atoms with Gasteiger partial charge in [-0.1, -0.05) is 79.4 Å². The molecule has 138 valence electrons. The Morgan fingerprint density at radius 1 is 0.917 bits per heavy atom. The highest BCUT2D eigenvalue weighted by Gasteiger charge is 2.36. The second kappa shape index (κ2) is 8.01. The Balaban J connectivity index is 3.32. The van der Waals surface area contributed by atoms with Gasteiger partial charge < -0.3 is 0 Å². The van der Waals surface area contributed by atoms with Gasteiger partial charge in [0.15, 0.2) is 0 Å². The molecule has 0 aromatic heterocycles. The second-order valence-electron chi connectivity index (χ2n) is 7.68. The number of benzene rings is 1. The summed E-state index contributed by atoms with van der Waals surface area (Å²) < 4.78 is 31.8. The molecule has 0 radical (unpaired) electrons. The number of rotatable bonds is 9. The number of hydrogen-bond donors (Lipinski definition) is 1. The molecule has 24 heavy (non-hydrogen) atoms. The predicted octanol–water partition coefficient (Wildman–Crippen LogP) is 6.06. The van der Waals surface area contributed by atoms with E-state index in [0.29, 0.717) is 5.92 Å². The monoisotopic (exact) mass is 354 g/mol. The SMILES string of the molecule is CCC(C)(CC)CC(c1ccc(S(=O)(=O)O)cc1)C(C)(CC)CC. The van der Waals surface area contributed by atoms with Crippen LogP contribution < -0.4 is 0 Å². The fourth-order valence-corrected chi connectivity index (χ4v) is 3.89. The molecule has 1 aromatic rings. The molecule has 0 heterocycles. The van der Waals surface area contributed by atoms with E-state index in [0.717, 1.165) is 32.1 Å². The van der Waals surface area contributed by atoms with Crippen molar-refractivity contribution in [1.29, 1.82) is 0 Å². The zero-order chi connectivity index (χ0) is 18.6. The van der Waals surface area contributed by atoms with E-state index in [1.54, 1.807) is 0 Å². The van der Waals surface area contributed by atoms with Crippen LogP contribution in [0.5, 0.6) is 0 Å². The van der Waals surface area contributed by atoms with Crippen LogP contribution in [-0.2, 0) is 10.1 Å². The molecule has 4 heteroatoms. The molecular weight excluding hydrogens is 320 g/mol. The first-order chi connectivity index (χ1) is 11.0. The smallest absolute Gasteiger partial charge is 0.282 e. The molecule has 1 aromatic carbocycles. The largest absolute Gasteiger partial charge is 0.294 e. The molecule has 0 saturated carbocycles. The molecule has 1 unspecified atom stereocenters. The van der Waals surface area contributed by atoms with Gasteiger partial charge in [0, 0.05) is 0 Å². The Labute approximate surface area is 148 Å². The predicted molar refractivity (Wildman–Crippen MR) is 101 cm³/mol. The molecule has 1 rings (SSSR count). The summed E-state index contributed by atoms with van der Waals surface area (Å²) in [4.78, 5) is -0.0338. The maximum atomic E-state index is 11.3. The van der Waals surface area contributed by atoms with Crippen LogP contribution in [0.15, 0.2) is 29.2 Å². The van der Waals surface area contributed by atoms with Crippen LogP contribution in [0.1, 0.15) is 85.1 Å². The maximum Gasteiger partial charge on any atom is 0.294 e. The van der Waals surface area contributed by atoms with Crippen molar-refractivity contribution < 1.29 is 13.0 Å². The molecule has 0 spiro atoms. The zero-order valence-corrected chi connectivity index (χ0v) is 16.9. The van der Waals surface area contributed by atoms with Crippen LogP contribution in [0.2, 0.25) is 0 Å². The highest BCUT2D eigenvalue weighted by molar-refractivity contribution is 7.85. The van der Waals surface area contributed by atoms with Crippen molar-refractivity contribution in [2.75, 3.05) is 0 Å². The summed E-state index contributed by atoms with van der Waals surface area (Å²) in [6.45, 7) is 13.6. The normalized spacial score (nSPS) is 14.6. The number of hydrogen-bond acceptors (Lipinski definition) is 2. The van der Waals surface area contributed by atoms with Gasteiger partial charge in [-0.2, -0.15) is 8.42 Å². The van der Waals surface area contributed by atoms with Crippen LogP contribution in [0, 0.1) is 10.8 Å². The van der Waals surface area contributed by atoms with Crippen LogP contribution in [-0.4, -0.2) is 13.0 Å². The van der Waals surface area contributed by atoms with Crippen molar-refractivity contribution in [3.8, 4) is 0 Å². The van der Waals surface area contributed by atoms with E-state index in [9.17, 15) is 13.0 Å². The highest BCUT2D eigenvalue weighted by atomic mass is 32.2. The molecule has 1 N–H and O–H groups in total. The summed E-state index contributed by atoms with van der Waals surface area (Å²) in [7, 11) is -4.14. The zero-order valence-electron chi connectivity index (χ0n) is 16.1. The van der Waals surface area contributed by atoms with Gasteiger partial charge in [0.05, 0.1) is 4.90 Å². The standard InChI is InChI=1S/C20H34O3S/c1-7-19(5,8-2)15-18(20(6,9-3)10-4)16-11-13-17(14-12-16)24(21,22)23/h11-14,18H,7-10,15H2,1-6H3,(H,21,22,23). The van der Waals surface area contributed by atoms with Crippen molar-refractivity contribution >= 4 is 10.1 Å². The van der Waals surface area contributed by atoms with Crippen molar-refractivity contribution in [2.45, 2.75) is 84.5 Å². The lowest BCUT2D eigenvalue weighted by atomic mass is 9.63. The van der Waals surface area contributed by atoms with Crippen molar-refractivity contribution in [1.82, 2.24) is 0 Å². The highest BCUT2D eigenvalue weighted by Crippen LogP contribution is 2.49. The lowest BCUT2D eigenvalue weighted by Gasteiger charge is -2.42. The second-order valence-corrected chi connectivity index (χ2v) is 9.10. The van der Waals surface area contributed by atoms with Crippen LogP contribution in [0.4, 0.5) is 0 Å². The summed E-state index contributed by atoms with van der Waals surface area (Å²) in [6, 6.07) is 6.81. The van der Waals surface area contributed by atoms with Crippen molar-refractivity contribution in [3.05, 3.63) is 29.8 Å². The molecule has 0 aliphatic carbocycles. The van der Waals surface area contributed by atoms with Gasteiger partial charge in [0.1, 0.15) is 0 Å². The van der Waals surface area contributed by atoms with Gasteiger partial charge in [0.25, 0.3) is 10.1 Å². The Morgan fingerprint density at radius 3 is 1.71 bits per heavy atom. The van der Waals surface area contributed by atoms with Crippen LogP contribution >= 0.6 is 0 Å². The van der Waals surface area contributed by atoms with Gasteiger partial charge in [-0.3, -0.25) is 4.55 Å². The fraction of sp³-hybridized carbons (Fsp3) is 0.700. The van der Waals surface area contributed by atoms with Gasteiger partial charge in [-0.25, -0.2) is 0 Å². The molecule has 0 saturated heterocycles. The van der Waals surface area contributed by atoms with Crippen molar-refractivity contribution in [3.63, 3.8) is 0 Å². The van der Waals surface area contributed by atoms with Gasteiger partial charge in [-0.05, 0) is 40.9 Å². The average molecular weight is 355 g/mol. The third-order valence-corrected chi connectivity index (χ3v) is 7.31. The minimum Gasteiger partial charge on any atom is -0.282 e. The molecular formula is C20H34O3S. The van der Waals surface area contributed by atoms with Gasteiger partial charge >= 0.3 is 0 Å². The third kappa shape index (κ3) is 4.82. The minimum absolute atomic E-state index is 0.0338. The molecule has 0 aliphatic heterocycles. The summed E-state index contributed by atoms with van der Waals surface area (Å²) >= 11 is 0. The first-order valence-corrected chi connectivity index (χ1v) is 10.6. The summed E-state index contributed by atoms with van der Waals surface area (Å²) in [5.74, 6) is 0.368. The minimum atomic E-state index is -4.14. The Morgan fingerprint density at radius 2 is 1.38 bits per heavy atom. The van der Waals surface area contributed by atoms with Crippen molar-refractivity contribution in [2.24, 2.45) is 10.8 Å². The third-order valence-electron chi connectivity index (χ3n) is 6.44. The lowest BCUT2D eigenvalue weighted by Crippen LogP contribution is -2.30. The molecule has 0 aliphatic rings. The summed E-state index contributed by atoms with van der Waals surface area (Å²) in [6.07, 6.45) is 5.51. The Bertz CT molecular complexity index is 609. The van der Waals surface area contributed by atoms with Crippen LogP contribution in [0.25, 0.3) is 0 Å². The first kappa shape index (κ1) is 21.2. The first-order valence-electron chi connectivity index (χ1n) is 9.12. The van der Waals surface area contributed by atoms with E-state index in [1.165, 1.54) is 17.7 Å². The van der Waals surface area contributed by atoms with E-state index < -0.39 is 10.1 Å². The van der Waals surface area contributed by atoms with E-state index >= 15 is 0 Å². The molecule has 0 bridgehead atoms. The molecule has 1 atom stereocenters. The average Bonchev–Trinajstić information content (AvgIpc) is 2.58. The molecule has 0 amide bonds. The van der Waals surface area contributed by atoms with E-state index in [4.69, 9.17) is 0 Å². The summed E-state index contributed by atoms with van der Waals surface area (Å²) in [5, 5.41) is 0. The van der Waals surface area contributed by atoms with Crippen LogP contribution in [0.3, 0.4) is 0 Å². The molecule has 3 nitrogen and oxygen atoms in total. The summed E-state index contributed by atoms with van der Waals surface area (Å²) in [5.41, 5.74) is 1.62. The Hall–Kier alpha value is -0.870.